The summed E-state index contributed by atoms with van der Waals surface area (Å²) in [6.07, 6.45) is 1.58. The van der Waals surface area contributed by atoms with E-state index in [9.17, 15) is 18.0 Å². The minimum Gasteiger partial charge on any atom is -0.352 e. The lowest BCUT2D eigenvalue weighted by Gasteiger charge is -2.34. The number of halogens is 2. The van der Waals surface area contributed by atoms with Gasteiger partial charge in [0, 0.05) is 12.6 Å². The standard InChI is InChI=1S/C30H35Cl2N3O4S/c1-4-22(3)33-30(37)26(5-2)34(20-19-23-13-8-6-9-14-23)28(36)21-35(27-18-12-17-25(31)29(27)32)40(38,39)24-15-10-7-11-16-24/h6-18,22,26H,4-5,19-21H2,1-3H3,(H,33,37). The minimum absolute atomic E-state index is 0.00349. The first kappa shape index (κ1) is 31.5. The minimum atomic E-state index is -4.22. The second kappa shape index (κ2) is 14.5. The summed E-state index contributed by atoms with van der Waals surface area (Å²) in [4.78, 5) is 28.8. The van der Waals surface area contributed by atoms with Crippen LogP contribution in [0.2, 0.25) is 10.0 Å². The van der Waals surface area contributed by atoms with E-state index in [-0.39, 0.29) is 39.1 Å². The lowest BCUT2D eigenvalue weighted by molar-refractivity contribution is -0.139. The summed E-state index contributed by atoms with van der Waals surface area (Å²) in [7, 11) is -4.22. The van der Waals surface area contributed by atoms with Crippen molar-refractivity contribution in [2.24, 2.45) is 0 Å². The van der Waals surface area contributed by atoms with Crippen molar-refractivity contribution >= 4 is 50.7 Å². The van der Waals surface area contributed by atoms with Gasteiger partial charge in [-0.1, -0.05) is 91.6 Å². The van der Waals surface area contributed by atoms with Crippen LogP contribution in [-0.2, 0) is 26.0 Å². The van der Waals surface area contributed by atoms with Crippen molar-refractivity contribution in [1.29, 1.82) is 0 Å². The van der Waals surface area contributed by atoms with E-state index < -0.39 is 28.5 Å². The molecule has 0 saturated heterocycles. The molecule has 2 amide bonds. The number of carbonyl (C=O) groups excluding carboxylic acids is 2. The predicted molar refractivity (Wildman–Crippen MR) is 161 cm³/mol. The van der Waals surface area contributed by atoms with Crippen LogP contribution >= 0.6 is 23.2 Å². The van der Waals surface area contributed by atoms with Crippen LogP contribution in [-0.4, -0.2) is 50.3 Å². The maximum atomic E-state index is 14.0. The van der Waals surface area contributed by atoms with Crippen LogP contribution in [0.5, 0.6) is 0 Å². The highest BCUT2D eigenvalue weighted by Gasteiger charge is 2.34. The van der Waals surface area contributed by atoms with Gasteiger partial charge in [-0.15, -0.1) is 0 Å². The molecular weight excluding hydrogens is 569 g/mol. The van der Waals surface area contributed by atoms with E-state index in [0.29, 0.717) is 12.8 Å². The van der Waals surface area contributed by atoms with Crippen molar-refractivity contribution in [3.05, 3.63) is 94.5 Å². The summed E-state index contributed by atoms with van der Waals surface area (Å²) in [6, 6.07) is 21.2. The average Bonchev–Trinajstić information content (AvgIpc) is 2.96. The second-order valence-corrected chi connectivity index (χ2v) is 12.1. The maximum Gasteiger partial charge on any atom is 0.264 e. The first-order chi connectivity index (χ1) is 19.1. The molecule has 0 aliphatic rings. The molecule has 0 spiro atoms. The summed E-state index contributed by atoms with van der Waals surface area (Å²) in [6.45, 7) is 5.34. The maximum absolute atomic E-state index is 14.0. The van der Waals surface area contributed by atoms with Crippen LogP contribution in [0, 0.1) is 0 Å². The number of carbonyl (C=O) groups is 2. The molecule has 3 aromatic carbocycles. The molecule has 3 aromatic rings. The Morgan fingerprint density at radius 3 is 2.10 bits per heavy atom. The average molecular weight is 605 g/mol. The Balaban J connectivity index is 2.04. The number of rotatable bonds is 13. The van der Waals surface area contributed by atoms with E-state index in [1.54, 1.807) is 30.3 Å². The van der Waals surface area contributed by atoms with Gasteiger partial charge in [0.1, 0.15) is 12.6 Å². The largest absolute Gasteiger partial charge is 0.352 e. The smallest absolute Gasteiger partial charge is 0.264 e. The summed E-state index contributed by atoms with van der Waals surface area (Å²) in [5.41, 5.74) is 1.07. The third-order valence-electron chi connectivity index (χ3n) is 6.68. The molecule has 0 fully saturated rings. The normalized spacial score (nSPS) is 12.8. The Morgan fingerprint density at radius 1 is 0.875 bits per heavy atom. The molecule has 0 aromatic heterocycles. The van der Waals surface area contributed by atoms with Gasteiger partial charge in [-0.05, 0) is 56.0 Å². The number of amides is 2. The SMILES string of the molecule is CCC(C)NC(=O)C(CC)N(CCc1ccccc1)C(=O)CN(c1cccc(Cl)c1Cl)S(=O)(=O)c1ccccc1. The van der Waals surface area contributed by atoms with Gasteiger partial charge < -0.3 is 10.2 Å². The van der Waals surface area contributed by atoms with Gasteiger partial charge >= 0.3 is 0 Å². The van der Waals surface area contributed by atoms with Gasteiger partial charge in [-0.3, -0.25) is 13.9 Å². The lowest BCUT2D eigenvalue weighted by Crippen LogP contribution is -2.54. The number of nitrogens with zero attached hydrogens (tertiary/aromatic N) is 2. The zero-order valence-electron chi connectivity index (χ0n) is 22.9. The molecule has 0 aliphatic carbocycles. The van der Waals surface area contributed by atoms with Crippen molar-refractivity contribution in [2.45, 2.75) is 57.0 Å². The second-order valence-electron chi connectivity index (χ2n) is 9.46. The van der Waals surface area contributed by atoms with Crippen LogP contribution in [0.3, 0.4) is 0 Å². The quantitative estimate of drug-likeness (QED) is 0.261. The van der Waals surface area contributed by atoms with Crippen LogP contribution in [0.4, 0.5) is 5.69 Å². The summed E-state index contributed by atoms with van der Waals surface area (Å²) in [5.74, 6) is -0.811. The van der Waals surface area contributed by atoms with E-state index in [1.165, 1.54) is 23.1 Å². The highest BCUT2D eigenvalue weighted by atomic mass is 35.5. The third-order valence-corrected chi connectivity index (χ3v) is 9.26. The number of benzene rings is 3. The molecule has 40 heavy (non-hydrogen) atoms. The zero-order valence-corrected chi connectivity index (χ0v) is 25.2. The number of hydrogen-bond acceptors (Lipinski definition) is 4. The lowest BCUT2D eigenvalue weighted by atomic mass is 10.1. The van der Waals surface area contributed by atoms with Gasteiger partial charge in [-0.25, -0.2) is 8.42 Å². The van der Waals surface area contributed by atoms with Crippen LogP contribution in [0.1, 0.15) is 39.2 Å². The van der Waals surface area contributed by atoms with Gasteiger partial charge in [0.2, 0.25) is 11.8 Å². The summed E-state index contributed by atoms with van der Waals surface area (Å²) >= 11 is 12.7. The molecule has 10 heteroatoms. The number of hydrogen-bond donors (Lipinski definition) is 1. The third kappa shape index (κ3) is 7.77. The van der Waals surface area contributed by atoms with E-state index in [2.05, 4.69) is 5.32 Å². The number of nitrogens with one attached hydrogen (secondary N) is 1. The Hall–Kier alpha value is -3.07. The van der Waals surface area contributed by atoms with Gasteiger partial charge in [0.25, 0.3) is 10.0 Å². The summed E-state index contributed by atoms with van der Waals surface area (Å²) < 4.78 is 28.7. The van der Waals surface area contributed by atoms with Gasteiger partial charge in [0.15, 0.2) is 0 Å². The molecule has 2 unspecified atom stereocenters. The molecule has 2 atom stereocenters. The predicted octanol–water partition coefficient (Wildman–Crippen LogP) is 5.95. The highest BCUT2D eigenvalue weighted by Crippen LogP contribution is 2.35. The van der Waals surface area contributed by atoms with Crippen molar-refractivity contribution < 1.29 is 18.0 Å². The Labute approximate surface area is 247 Å². The van der Waals surface area contributed by atoms with Gasteiger partial charge in [0.05, 0.1) is 20.6 Å². The fourth-order valence-electron chi connectivity index (χ4n) is 4.26. The molecule has 214 valence electrons. The van der Waals surface area contributed by atoms with Crippen molar-refractivity contribution in [1.82, 2.24) is 10.2 Å². The van der Waals surface area contributed by atoms with E-state index in [0.717, 1.165) is 16.3 Å². The van der Waals surface area contributed by atoms with Crippen LogP contribution < -0.4 is 9.62 Å². The highest BCUT2D eigenvalue weighted by molar-refractivity contribution is 7.92. The molecule has 0 saturated carbocycles. The molecule has 3 rings (SSSR count). The molecule has 7 nitrogen and oxygen atoms in total. The monoisotopic (exact) mass is 603 g/mol. The Kier molecular flexibility index (Phi) is 11.4. The fraction of sp³-hybridized carbons (Fsp3) is 0.333. The van der Waals surface area contributed by atoms with Crippen LogP contribution in [0.25, 0.3) is 0 Å². The number of anilines is 1. The molecular formula is C30H35Cl2N3O4S. The molecule has 0 radical (unpaired) electrons. The van der Waals surface area contributed by atoms with E-state index >= 15 is 0 Å². The zero-order chi connectivity index (χ0) is 29.3. The first-order valence-corrected chi connectivity index (χ1v) is 15.4. The fourth-order valence-corrected chi connectivity index (χ4v) is 6.15. The Morgan fingerprint density at radius 2 is 1.50 bits per heavy atom. The molecule has 0 heterocycles. The van der Waals surface area contributed by atoms with Crippen molar-refractivity contribution in [3.8, 4) is 0 Å². The van der Waals surface area contributed by atoms with Crippen molar-refractivity contribution in [2.75, 3.05) is 17.4 Å². The topological polar surface area (TPSA) is 86.8 Å². The van der Waals surface area contributed by atoms with E-state index in [1.807, 2.05) is 51.1 Å². The Bertz CT molecular complexity index is 1390. The molecule has 1 N–H and O–H groups in total. The van der Waals surface area contributed by atoms with Crippen LogP contribution in [0.15, 0.2) is 83.8 Å². The first-order valence-electron chi connectivity index (χ1n) is 13.3. The van der Waals surface area contributed by atoms with Crippen molar-refractivity contribution in [3.63, 3.8) is 0 Å². The molecule has 0 bridgehead atoms. The molecule has 0 aliphatic heterocycles. The number of sulfonamides is 1. The van der Waals surface area contributed by atoms with E-state index in [4.69, 9.17) is 23.2 Å². The van der Waals surface area contributed by atoms with Gasteiger partial charge in [-0.2, -0.15) is 0 Å². The summed E-state index contributed by atoms with van der Waals surface area (Å²) in [5, 5.41) is 3.13.